The maximum absolute atomic E-state index is 6.30. The zero-order chi connectivity index (χ0) is 21.1. The normalized spacial score (nSPS) is 33.3. The molecule has 4 rings (SSSR count). The van der Waals surface area contributed by atoms with Crippen LogP contribution in [-0.2, 0) is 0 Å². The van der Waals surface area contributed by atoms with Crippen molar-refractivity contribution in [3.05, 3.63) is 34.9 Å². The van der Waals surface area contributed by atoms with Crippen LogP contribution in [-0.4, -0.2) is 68.1 Å². The molecule has 6 heteroatoms. The average molecular weight is 432 g/mol. The van der Waals surface area contributed by atoms with E-state index in [2.05, 4.69) is 57.7 Å². The van der Waals surface area contributed by atoms with Crippen molar-refractivity contribution in [2.45, 2.75) is 69.1 Å². The topological polar surface area (TPSA) is 42.9 Å². The van der Waals surface area contributed by atoms with Gasteiger partial charge in [-0.2, -0.15) is 0 Å². The molecule has 0 spiro atoms. The van der Waals surface area contributed by atoms with Crippen LogP contribution in [0.1, 0.15) is 56.6 Å². The number of nitrogens with zero attached hydrogens (tertiary/aromatic N) is 3. The first kappa shape index (κ1) is 21.9. The molecular weight excluding hydrogens is 394 g/mol. The molecular formula is C24H38ClN5. The summed E-state index contributed by atoms with van der Waals surface area (Å²) in [7, 11) is 6.45. The fraction of sp³-hybridized carbons (Fsp3) is 0.708. The Morgan fingerprint density at radius 1 is 1.13 bits per heavy atom. The van der Waals surface area contributed by atoms with E-state index in [1.165, 1.54) is 50.5 Å². The molecule has 0 radical (unpaired) electrons. The molecule has 166 valence electrons. The number of fused-ring (bicyclic) bond motifs is 2. The lowest BCUT2D eigenvalue weighted by atomic mass is 9.82. The second kappa shape index (κ2) is 9.88. The van der Waals surface area contributed by atoms with Crippen LogP contribution >= 0.6 is 11.6 Å². The zero-order valence-electron chi connectivity index (χ0n) is 18.8. The van der Waals surface area contributed by atoms with Gasteiger partial charge in [0.05, 0.1) is 0 Å². The number of hydrogen-bond donors (Lipinski definition) is 2. The lowest BCUT2D eigenvalue weighted by Crippen LogP contribution is -2.57. The SMILES string of the molecule is CN=C(NCC1CCCN(C)C1c1cccc(Cl)c1)NC1CC2CCCC(C1)N2C. The highest BCUT2D eigenvalue weighted by atomic mass is 35.5. The maximum Gasteiger partial charge on any atom is 0.191 e. The summed E-state index contributed by atoms with van der Waals surface area (Å²) in [6, 6.07) is 10.8. The second-order valence-corrected chi connectivity index (χ2v) is 9.99. The lowest BCUT2D eigenvalue weighted by Gasteiger charge is -2.47. The van der Waals surface area contributed by atoms with Crippen molar-refractivity contribution in [3.63, 3.8) is 0 Å². The van der Waals surface area contributed by atoms with Crippen LogP contribution in [0, 0.1) is 5.92 Å². The molecule has 3 fully saturated rings. The van der Waals surface area contributed by atoms with Crippen LogP contribution in [0.15, 0.2) is 29.3 Å². The first-order chi connectivity index (χ1) is 14.5. The molecule has 0 aromatic heterocycles. The number of hydrogen-bond acceptors (Lipinski definition) is 3. The highest BCUT2D eigenvalue weighted by Gasteiger charge is 2.36. The molecule has 3 saturated heterocycles. The Balaban J connectivity index is 1.37. The summed E-state index contributed by atoms with van der Waals surface area (Å²) in [6.45, 7) is 2.07. The van der Waals surface area contributed by atoms with Crippen LogP contribution < -0.4 is 10.6 Å². The molecule has 30 heavy (non-hydrogen) atoms. The Morgan fingerprint density at radius 2 is 1.90 bits per heavy atom. The third-order valence-corrected chi connectivity index (χ3v) is 7.87. The van der Waals surface area contributed by atoms with E-state index in [-0.39, 0.29) is 0 Å². The molecule has 2 N–H and O–H groups in total. The predicted octanol–water partition coefficient (Wildman–Crippen LogP) is 3.90. The van der Waals surface area contributed by atoms with Crippen molar-refractivity contribution in [1.29, 1.82) is 0 Å². The van der Waals surface area contributed by atoms with E-state index in [1.54, 1.807) is 0 Å². The van der Waals surface area contributed by atoms with Crippen LogP contribution in [0.5, 0.6) is 0 Å². The molecule has 4 atom stereocenters. The van der Waals surface area contributed by atoms with Gasteiger partial charge in [-0.3, -0.25) is 9.89 Å². The van der Waals surface area contributed by atoms with Gasteiger partial charge < -0.3 is 15.5 Å². The summed E-state index contributed by atoms with van der Waals surface area (Å²) in [6.07, 6.45) is 8.99. The number of benzene rings is 1. The van der Waals surface area contributed by atoms with Gasteiger partial charge >= 0.3 is 0 Å². The Bertz CT molecular complexity index is 724. The van der Waals surface area contributed by atoms with Gasteiger partial charge in [0.25, 0.3) is 0 Å². The van der Waals surface area contributed by atoms with E-state index >= 15 is 0 Å². The fourth-order valence-corrected chi connectivity index (χ4v) is 6.24. The highest BCUT2D eigenvalue weighted by molar-refractivity contribution is 6.30. The van der Waals surface area contributed by atoms with Gasteiger partial charge in [-0.1, -0.05) is 30.2 Å². The Hall–Kier alpha value is -1.30. The van der Waals surface area contributed by atoms with Crippen LogP contribution in [0.4, 0.5) is 0 Å². The molecule has 0 amide bonds. The number of halogens is 1. The minimum absolute atomic E-state index is 0.394. The van der Waals surface area contributed by atoms with Gasteiger partial charge in [0.1, 0.15) is 0 Å². The zero-order valence-corrected chi connectivity index (χ0v) is 19.5. The fourth-order valence-electron chi connectivity index (χ4n) is 6.04. The first-order valence-electron chi connectivity index (χ1n) is 11.7. The van der Waals surface area contributed by atoms with Gasteiger partial charge in [0, 0.05) is 42.8 Å². The average Bonchev–Trinajstić information content (AvgIpc) is 2.71. The number of rotatable bonds is 4. The van der Waals surface area contributed by atoms with E-state index < -0.39 is 0 Å². The minimum Gasteiger partial charge on any atom is -0.356 e. The third kappa shape index (κ3) is 4.95. The van der Waals surface area contributed by atoms with Crippen LogP contribution in [0.3, 0.4) is 0 Å². The molecule has 3 aliphatic rings. The summed E-state index contributed by atoms with van der Waals surface area (Å²) in [4.78, 5) is 9.65. The minimum atomic E-state index is 0.394. The number of piperidine rings is 3. The van der Waals surface area contributed by atoms with Crippen molar-refractivity contribution < 1.29 is 0 Å². The summed E-state index contributed by atoms with van der Waals surface area (Å²) in [5, 5.41) is 8.23. The summed E-state index contributed by atoms with van der Waals surface area (Å²) in [5.41, 5.74) is 1.32. The van der Waals surface area contributed by atoms with Crippen molar-refractivity contribution in [2.24, 2.45) is 10.9 Å². The van der Waals surface area contributed by atoms with Crippen LogP contribution in [0.25, 0.3) is 0 Å². The van der Waals surface area contributed by atoms with Crippen molar-refractivity contribution >= 4 is 17.6 Å². The summed E-state index contributed by atoms with van der Waals surface area (Å²) in [5.74, 6) is 1.50. The lowest BCUT2D eigenvalue weighted by molar-refractivity contribution is 0.0525. The standard InChI is InChI=1S/C24H38ClN5/c1-26-24(28-20-14-21-10-5-11-22(15-20)30(21)3)27-16-18-8-6-12-29(2)23(18)17-7-4-9-19(25)13-17/h4,7,9,13,18,20-23H,5-6,8,10-12,14-16H2,1-3H3,(H2,26,27,28). The number of guanidine groups is 1. The van der Waals surface area contributed by atoms with E-state index in [9.17, 15) is 0 Å². The summed E-state index contributed by atoms with van der Waals surface area (Å²) >= 11 is 6.30. The summed E-state index contributed by atoms with van der Waals surface area (Å²) < 4.78 is 0. The van der Waals surface area contributed by atoms with Crippen molar-refractivity contribution in [3.8, 4) is 0 Å². The van der Waals surface area contributed by atoms with Crippen LogP contribution in [0.2, 0.25) is 5.02 Å². The highest BCUT2D eigenvalue weighted by Crippen LogP contribution is 2.36. The van der Waals surface area contributed by atoms with E-state index in [0.717, 1.165) is 36.2 Å². The van der Waals surface area contributed by atoms with Gasteiger partial charge in [-0.25, -0.2) is 0 Å². The van der Waals surface area contributed by atoms with E-state index in [1.807, 2.05) is 13.1 Å². The van der Waals surface area contributed by atoms with Gasteiger partial charge in [-0.15, -0.1) is 0 Å². The largest absolute Gasteiger partial charge is 0.356 e. The van der Waals surface area contributed by atoms with E-state index in [4.69, 9.17) is 11.6 Å². The third-order valence-electron chi connectivity index (χ3n) is 7.63. The number of likely N-dealkylation sites (tertiary alicyclic amines) is 1. The molecule has 5 nitrogen and oxygen atoms in total. The van der Waals surface area contributed by atoms with Gasteiger partial charge in [0.2, 0.25) is 0 Å². The number of aliphatic imine (C=N–C) groups is 1. The Morgan fingerprint density at radius 3 is 2.60 bits per heavy atom. The first-order valence-corrected chi connectivity index (χ1v) is 12.1. The monoisotopic (exact) mass is 431 g/mol. The number of nitrogens with one attached hydrogen (secondary N) is 2. The molecule has 0 aliphatic carbocycles. The molecule has 0 saturated carbocycles. The second-order valence-electron chi connectivity index (χ2n) is 9.55. The molecule has 4 unspecified atom stereocenters. The van der Waals surface area contributed by atoms with Gasteiger partial charge in [-0.05, 0) is 82.8 Å². The molecule has 3 heterocycles. The molecule has 1 aromatic carbocycles. The molecule has 3 aliphatic heterocycles. The van der Waals surface area contributed by atoms with Gasteiger partial charge in [0.15, 0.2) is 5.96 Å². The van der Waals surface area contributed by atoms with Crippen molar-refractivity contribution in [2.75, 3.05) is 34.2 Å². The molecule has 1 aromatic rings. The molecule has 2 bridgehead atoms. The Kier molecular flexibility index (Phi) is 7.22. The quantitative estimate of drug-likeness (QED) is 0.560. The van der Waals surface area contributed by atoms with Crippen molar-refractivity contribution in [1.82, 2.24) is 20.4 Å². The smallest absolute Gasteiger partial charge is 0.191 e. The maximum atomic E-state index is 6.30. The predicted molar refractivity (Wildman–Crippen MR) is 126 cm³/mol. The van der Waals surface area contributed by atoms with E-state index in [0.29, 0.717) is 18.0 Å². The Labute approximate surface area is 187 Å².